The third kappa shape index (κ3) is 4.38. The largest absolute Gasteiger partial charge is 0.346 e. The second-order valence-electron chi connectivity index (χ2n) is 5.55. The normalized spacial score (nSPS) is 12.2. The van der Waals surface area contributed by atoms with Crippen LogP contribution in [0.1, 0.15) is 24.1 Å². The van der Waals surface area contributed by atoms with Crippen molar-refractivity contribution in [2.75, 3.05) is 0 Å². The maximum absolute atomic E-state index is 12.9. The van der Waals surface area contributed by atoms with Gasteiger partial charge in [0.05, 0.1) is 11.7 Å². The summed E-state index contributed by atoms with van der Waals surface area (Å²) in [5, 5.41) is 6.97. The maximum atomic E-state index is 12.9. The Morgan fingerprint density at radius 2 is 1.88 bits per heavy atom. The number of nitrogens with zero attached hydrogens (tertiary/aromatic N) is 3. The molecular formula is C19H17FN4O. The van der Waals surface area contributed by atoms with Crippen molar-refractivity contribution in [3.63, 3.8) is 0 Å². The van der Waals surface area contributed by atoms with Gasteiger partial charge in [-0.3, -0.25) is 4.79 Å². The Balaban J connectivity index is 1.60. The molecule has 1 heterocycles. The lowest BCUT2D eigenvalue weighted by Gasteiger charge is -2.13. The van der Waals surface area contributed by atoms with Crippen LogP contribution in [0.25, 0.3) is 11.8 Å². The molecule has 3 rings (SSSR count). The van der Waals surface area contributed by atoms with E-state index in [-0.39, 0.29) is 17.8 Å². The van der Waals surface area contributed by atoms with Crippen LogP contribution < -0.4 is 5.32 Å². The molecule has 1 aromatic heterocycles. The number of nitrogens with one attached hydrogen (secondary N) is 1. The third-order valence-corrected chi connectivity index (χ3v) is 3.73. The number of carbonyl (C=O) groups excluding carboxylic acids is 1. The molecule has 0 fully saturated rings. The molecule has 0 saturated heterocycles. The molecule has 126 valence electrons. The average molecular weight is 336 g/mol. The number of amides is 1. The molecule has 0 saturated carbocycles. The number of rotatable bonds is 5. The van der Waals surface area contributed by atoms with E-state index in [0.29, 0.717) is 0 Å². The Labute approximate surface area is 144 Å². The molecule has 0 aliphatic carbocycles. The van der Waals surface area contributed by atoms with E-state index >= 15 is 0 Å². The van der Waals surface area contributed by atoms with E-state index in [1.54, 1.807) is 29.2 Å². The minimum absolute atomic E-state index is 0.143. The summed E-state index contributed by atoms with van der Waals surface area (Å²) in [6.07, 6.45) is 6.19. The predicted octanol–water partition coefficient (Wildman–Crippen LogP) is 3.30. The molecule has 0 spiro atoms. The van der Waals surface area contributed by atoms with Gasteiger partial charge >= 0.3 is 0 Å². The fraction of sp³-hybridized carbons (Fsp3) is 0.105. The minimum Gasteiger partial charge on any atom is -0.346 e. The fourth-order valence-corrected chi connectivity index (χ4v) is 2.35. The van der Waals surface area contributed by atoms with Crippen molar-refractivity contribution in [1.82, 2.24) is 20.1 Å². The quantitative estimate of drug-likeness (QED) is 0.727. The van der Waals surface area contributed by atoms with E-state index in [2.05, 4.69) is 15.4 Å². The number of hydrogen-bond acceptors (Lipinski definition) is 3. The summed E-state index contributed by atoms with van der Waals surface area (Å²) in [6.45, 7) is 1.91. The highest BCUT2D eigenvalue weighted by molar-refractivity contribution is 5.91. The number of aromatic nitrogens is 3. The van der Waals surface area contributed by atoms with E-state index in [1.165, 1.54) is 24.5 Å². The lowest BCUT2D eigenvalue weighted by atomic mass is 10.1. The Hall–Kier alpha value is -3.28. The van der Waals surface area contributed by atoms with Crippen LogP contribution in [0.2, 0.25) is 0 Å². The molecule has 0 radical (unpaired) electrons. The first-order valence-electron chi connectivity index (χ1n) is 7.81. The van der Waals surface area contributed by atoms with Crippen LogP contribution in [0.4, 0.5) is 4.39 Å². The first kappa shape index (κ1) is 16.6. The van der Waals surface area contributed by atoms with E-state index in [1.807, 2.05) is 31.2 Å². The lowest BCUT2D eigenvalue weighted by Crippen LogP contribution is -2.24. The summed E-state index contributed by atoms with van der Waals surface area (Å²) < 4.78 is 14.5. The topological polar surface area (TPSA) is 59.8 Å². The van der Waals surface area contributed by atoms with Crippen molar-refractivity contribution in [2.45, 2.75) is 13.0 Å². The molecule has 25 heavy (non-hydrogen) atoms. The second kappa shape index (κ2) is 7.53. The summed E-state index contributed by atoms with van der Waals surface area (Å²) in [7, 11) is 0. The fourth-order valence-electron chi connectivity index (χ4n) is 2.35. The molecule has 0 aliphatic rings. The van der Waals surface area contributed by atoms with Crippen LogP contribution >= 0.6 is 0 Å². The molecule has 0 aliphatic heterocycles. The molecule has 1 atom stereocenters. The average Bonchev–Trinajstić information content (AvgIpc) is 3.16. The smallest absolute Gasteiger partial charge is 0.244 e. The van der Waals surface area contributed by atoms with Gasteiger partial charge in [0.15, 0.2) is 0 Å². The van der Waals surface area contributed by atoms with Gasteiger partial charge in [0.1, 0.15) is 18.5 Å². The summed E-state index contributed by atoms with van der Waals surface area (Å²) in [6, 6.07) is 13.5. The molecule has 0 bridgehead atoms. The molecule has 3 aromatic rings. The molecule has 5 nitrogen and oxygen atoms in total. The van der Waals surface area contributed by atoms with Crippen LogP contribution in [-0.2, 0) is 4.79 Å². The van der Waals surface area contributed by atoms with Gasteiger partial charge in [-0.1, -0.05) is 24.3 Å². The Bertz CT molecular complexity index is 855. The minimum atomic E-state index is -0.301. The summed E-state index contributed by atoms with van der Waals surface area (Å²) >= 11 is 0. The zero-order chi connectivity index (χ0) is 17.6. The van der Waals surface area contributed by atoms with Crippen molar-refractivity contribution in [2.24, 2.45) is 0 Å². The highest BCUT2D eigenvalue weighted by Gasteiger charge is 2.08. The second-order valence-corrected chi connectivity index (χ2v) is 5.55. The van der Waals surface area contributed by atoms with E-state index in [9.17, 15) is 9.18 Å². The summed E-state index contributed by atoms with van der Waals surface area (Å²) in [4.78, 5) is 15.9. The standard InChI is InChI=1S/C19H17FN4O/c1-14(16-5-9-18(10-6-16)24-13-21-12-22-24)23-19(25)11-4-15-2-7-17(20)8-3-15/h2-14H,1H3,(H,23,25)/b11-4+/t14-/m0/s1. The maximum Gasteiger partial charge on any atom is 0.244 e. The molecule has 0 unspecified atom stereocenters. The molecule has 6 heteroatoms. The number of carbonyl (C=O) groups is 1. The third-order valence-electron chi connectivity index (χ3n) is 3.73. The summed E-state index contributed by atoms with van der Waals surface area (Å²) in [5.74, 6) is -0.512. The van der Waals surface area contributed by atoms with Gasteiger partial charge in [-0.25, -0.2) is 14.1 Å². The van der Waals surface area contributed by atoms with Gasteiger partial charge in [-0.2, -0.15) is 5.10 Å². The van der Waals surface area contributed by atoms with Gasteiger partial charge in [0.25, 0.3) is 0 Å². The monoisotopic (exact) mass is 336 g/mol. The molecular weight excluding hydrogens is 319 g/mol. The highest BCUT2D eigenvalue weighted by Crippen LogP contribution is 2.15. The first-order valence-corrected chi connectivity index (χ1v) is 7.81. The van der Waals surface area contributed by atoms with Crippen LogP contribution in [0, 0.1) is 5.82 Å². The zero-order valence-electron chi connectivity index (χ0n) is 13.6. The molecule has 2 aromatic carbocycles. The van der Waals surface area contributed by atoms with Crippen molar-refractivity contribution in [1.29, 1.82) is 0 Å². The van der Waals surface area contributed by atoms with Crippen LogP contribution in [0.15, 0.2) is 67.3 Å². The first-order chi connectivity index (χ1) is 12.1. The Morgan fingerprint density at radius 1 is 1.16 bits per heavy atom. The van der Waals surface area contributed by atoms with E-state index in [0.717, 1.165) is 16.8 Å². The number of hydrogen-bond donors (Lipinski definition) is 1. The number of benzene rings is 2. The van der Waals surface area contributed by atoms with Gasteiger partial charge in [0, 0.05) is 6.08 Å². The summed E-state index contributed by atoms with van der Waals surface area (Å²) in [5.41, 5.74) is 2.64. The zero-order valence-corrected chi connectivity index (χ0v) is 13.6. The van der Waals surface area contributed by atoms with Crippen molar-refractivity contribution in [3.05, 3.63) is 84.2 Å². The van der Waals surface area contributed by atoms with Crippen LogP contribution in [0.3, 0.4) is 0 Å². The Kier molecular flexibility index (Phi) is 4.99. The van der Waals surface area contributed by atoms with Crippen molar-refractivity contribution >= 4 is 12.0 Å². The van der Waals surface area contributed by atoms with Crippen molar-refractivity contribution in [3.8, 4) is 5.69 Å². The van der Waals surface area contributed by atoms with Gasteiger partial charge < -0.3 is 5.32 Å². The number of halogens is 1. The van der Waals surface area contributed by atoms with Gasteiger partial charge in [-0.15, -0.1) is 0 Å². The van der Waals surface area contributed by atoms with Crippen LogP contribution in [-0.4, -0.2) is 20.7 Å². The van der Waals surface area contributed by atoms with E-state index in [4.69, 9.17) is 0 Å². The highest BCUT2D eigenvalue weighted by atomic mass is 19.1. The van der Waals surface area contributed by atoms with Crippen molar-refractivity contribution < 1.29 is 9.18 Å². The van der Waals surface area contributed by atoms with Crippen LogP contribution in [0.5, 0.6) is 0 Å². The lowest BCUT2D eigenvalue weighted by molar-refractivity contribution is -0.117. The Morgan fingerprint density at radius 3 is 2.52 bits per heavy atom. The molecule has 1 N–H and O–H groups in total. The van der Waals surface area contributed by atoms with Gasteiger partial charge in [0.2, 0.25) is 5.91 Å². The predicted molar refractivity (Wildman–Crippen MR) is 93.4 cm³/mol. The van der Waals surface area contributed by atoms with Gasteiger partial charge in [-0.05, 0) is 48.4 Å². The van der Waals surface area contributed by atoms with E-state index < -0.39 is 0 Å². The molecule has 1 amide bonds. The SMILES string of the molecule is C[C@H](NC(=O)/C=C/c1ccc(F)cc1)c1ccc(-n2cncn2)cc1.